The Balaban J connectivity index is 1.50. The van der Waals surface area contributed by atoms with Gasteiger partial charge in [0, 0.05) is 0 Å². The summed E-state index contributed by atoms with van der Waals surface area (Å²) in [4.78, 5) is 17.7. The zero-order valence-corrected chi connectivity index (χ0v) is 15.9. The number of hydrogen-bond donors (Lipinski definition) is 1. The summed E-state index contributed by atoms with van der Waals surface area (Å²) in [7, 11) is 0. The number of benzene rings is 2. The highest BCUT2D eigenvalue weighted by molar-refractivity contribution is 8.26. The largest absolute Gasteiger partial charge is 0.285 e. The van der Waals surface area contributed by atoms with E-state index in [2.05, 4.69) is 10.4 Å². The molecule has 7 heteroatoms. The lowest BCUT2D eigenvalue weighted by Crippen LogP contribution is -2.33. The molecule has 4 nitrogen and oxygen atoms in total. The number of thioether (sulfide) groups is 1. The van der Waals surface area contributed by atoms with Crippen LogP contribution in [0.3, 0.4) is 0 Å². The lowest BCUT2D eigenvalue weighted by molar-refractivity contribution is -0.121. The quantitative estimate of drug-likeness (QED) is 0.493. The van der Waals surface area contributed by atoms with Crippen LogP contribution in [-0.2, 0) is 4.79 Å². The minimum absolute atomic E-state index is 0.169. The van der Waals surface area contributed by atoms with Gasteiger partial charge in [0.05, 0.1) is 15.1 Å². The van der Waals surface area contributed by atoms with E-state index in [1.807, 2.05) is 66.7 Å². The number of para-hydroxylation sites is 1. The first kappa shape index (κ1) is 17.0. The first-order valence-electron chi connectivity index (χ1n) is 7.82. The normalized spacial score (nSPS) is 16.3. The van der Waals surface area contributed by atoms with Gasteiger partial charge >= 0.3 is 0 Å². The topological polar surface area (TPSA) is 45.2 Å². The lowest BCUT2D eigenvalue weighted by Gasteiger charge is -2.14. The zero-order valence-electron chi connectivity index (χ0n) is 13.5. The van der Waals surface area contributed by atoms with Crippen molar-refractivity contribution >= 4 is 67.0 Å². The predicted octanol–water partition coefficient (Wildman–Crippen LogP) is 5.08. The second-order valence-corrected chi connectivity index (χ2v) is 8.11. The molecule has 2 aromatic carbocycles. The van der Waals surface area contributed by atoms with Gasteiger partial charge in [-0.3, -0.25) is 10.2 Å². The number of hydrogen-bond acceptors (Lipinski definition) is 6. The van der Waals surface area contributed by atoms with Crippen molar-refractivity contribution in [3.05, 3.63) is 77.2 Å². The van der Waals surface area contributed by atoms with Gasteiger partial charge < -0.3 is 0 Å². The standard InChI is InChI=1S/C19H13N3OS3/c23-17-16(12-6-9-13-7-2-1-3-8-13)26-19(24)22(17)21-18-20-14-10-4-5-11-15(14)25-18/h1-12H,(H,20,21)/b9-6+,16-12+. The molecule has 0 atom stereocenters. The van der Waals surface area contributed by atoms with E-state index in [0.29, 0.717) is 14.4 Å². The second kappa shape index (κ2) is 7.41. The summed E-state index contributed by atoms with van der Waals surface area (Å²) in [6.07, 6.45) is 5.60. The molecule has 26 heavy (non-hydrogen) atoms. The summed E-state index contributed by atoms with van der Waals surface area (Å²) in [5.41, 5.74) is 5.00. The van der Waals surface area contributed by atoms with E-state index in [9.17, 15) is 4.79 Å². The molecule has 1 aliphatic heterocycles. The number of anilines is 1. The summed E-state index contributed by atoms with van der Waals surface area (Å²) < 4.78 is 1.52. The van der Waals surface area contributed by atoms with Crippen molar-refractivity contribution in [3.8, 4) is 0 Å². The molecular weight excluding hydrogens is 382 g/mol. The fourth-order valence-corrected chi connectivity index (χ4v) is 4.39. The summed E-state index contributed by atoms with van der Waals surface area (Å²) in [6, 6.07) is 17.8. The molecule has 0 unspecified atom stereocenters. The molecule has 3 aromatic rings. The number of nitrogens with one attached hydrogen (secondary N) is 1. The van der Waals surface area contributed by atoms with Gasteiger partial charge in [0.15, 0.2) is 4.32 Å². The number of carbonyl (C=O) groups is 1. The van der Waals surface area contributed by atoms with Gasteiger partial charge in [-0.25, -0.2) is 4.98 Å². The third-order valence-electron chi connectivity index (χ3n) is 3.63. The van der Waals surface area contributed by atoms with Crippen LogP contribution in [0.15, 0.2) is 71.7 Å². The van der Waals surface area contributed by atoms with E-state index in [1.54, 1.807) is 6.08 Å². The maximum absolute atomic E-state index is 12.6. The van der Waals surface area contributed by atoms with E-state index >= 15 is 0 Å². The molecule has 0 spiro atoms. The fourth-order valence-electron chi connectivity index (χ4n) is 2.40. The number of fused-ring (bicyclic) bond motifs is 1. The number of amides is 1. The maximum atomic E-state index is 12.6. The molecule has 0 radical (unpaired) electrons. The van der Waals surface area contributed by atoms with Gasteiger partial charge in [-0.2, -0.15) is 5.01 Å². The Morgan fingerprint density at radius 1 is 1.08 bits per heavy atom. The summed E-state index contributed by atoms with van der Waals surface area (Å²) in [5, 5.41) is 2.02. The molecule has 4 rings (SSSR count). The first-order chi connectivity index (χ1) is 12.7. The number of thiazole rings is 1. The van der Waals surface area contributed by atoms with Gasteiger partial charge in [-0.15, -0.1) is 0 Å². The molecular formula is C19H13N3OS3. The Labute approximate surface area is 164 Å². The van der Waals surface area contributed by atoms with Crippen LogP contribution in [0.25, 0.3) is 16.3 Å². The Morgan fingerprint density at radius 3 is 2.65 bits per heavy atom. The Morgan fingerprint density at radius 2 is 1.85 bits per heavy atom. The number of hydrazine groups is 1. The molecule has 0 aliphatic carbocycles. The first-order valence-corrected chi connectivity index (χ1v) is 9.87. The minimum atomic E-state index is -0.169. The highest BCUT2D eigenvalue weighted by Crippen LogP contribution is 2.33. The monoisotopic (exact) mass is 395 g/mol. The van der Waals surface area contributed by atoms with Crippen LogP contribution in [0, 0.1) is 0 Å². The molecule has 128 valence electrons. The summed E-state index contributed by atoms with van der Waals surface area (Å²) in [6.45, 7) is 0. The number of allylic oxidation sites excluding steroid dienone is 2. The van der Waals surface area contributed by atoms with Crippen LogP contribution in [-0.4, -0.2) is 20.2 Å². The van der Waals surface area contributed by atoms with Crippen molar-refractivity contribution in [3.63, 3.8) is 0 Å². The Hall–Kier alpha value is -2.48. The molecule has 1 saturated heterocycles. The van der Waals surface area contributed by atoms with Crippen molar-refractivity contribution in [2.45, 2.75) is 0 Å². The Bertz CT molecular complexity index is 1010. The third kappa shape index (κ3) is 3.55. The van der Waals surface area contributed by atoms with Crippen molar-refractivity contribution in [2.75, 3.05) is 5.43 Å². The van der Waals surface area contributed by atoms with E-state index < -0.39 is 0 Å². The third-order valence-corrected chi connectivity index (χ3v) is 5.89. The number of rotatable bonds is 4. The fraction of sp³-hybridized carbons (Fsp3) is 0. The van der Waals surface area contributed by atoms with E-state index in [4.69, 9.17) is 12.2 Å². The number of thiocarbonyl (C=S) groups is 1. The number of aromatic nitrogens is 1. The highest BCUT2D eigenvalue weighted by atomic mass is 32.2. The summed E-state index contributed by atoms with van der Waals surface area (Å²) in [5.74, 6) is -0.169. The van der Waals surface area contributed by atoms with Crippen molar-refractivity contribution in [1.29, 1.82) is 0 Å². The molecule has 1 amide bonds. The lowest BCUT2D eigenvalue weighted by atomic mass is 10.2. The van der Waals surface area contributed by atoms with Crippen LogP contribution in [0.5, 0.6) is 0 Å². The van der Waals surface area contributed by atoms with Gasteiger partial charge in [0.2, 0.25) is 5.13 Å². The summed E-state index contributed by atoms with van der Waals surface area (Å²) >= 11 is 8.10. The average Bonchev–Trinajstić information content (AvgIpc) is 3.18. The smallest absolute Gasteiger partial charge is 0.266 e. The van der Waals surface area contributed by atoms with E-state index in [1.165, 1.54) is 28.1 Å². The molecule has 0 saturated carbocycles. The molecule has 1 fully saturated rings. The average molecular weight is 396 g/mol. The number of carbonyl (C=O) groups excluding carboxylic acids is 1. The zero-order chi connectivity index (χ0) is 17.9. The van der Waals surface area contributed by atoms with Crippen LogP contribution in [0.1, 0.15) is 5.56 Å². The predicted molar refractivity (Wildman–Crippen MR) is 114 cm³/mol. The number of nitrogens with zero attached hydrogens (tertiary/aromatic N) is 2. The van der Waals surface area contributed by atoms with E-state index in [-0.39, 0.29) is 5.91 Å². The molecule has 1 aliphatic rings. The minimum Gasteiger partial charge on any atom is -0.266 e. The van der Waals surface area contributed by atoms with Crippen LogP contribution in [0.4, 0.5) is 5.13 Å². The maximum Gasteiger partial charge on any atom is 0.285 e. The van der Waals surface area contributed by atoms with Crippen molar-refractivity contribution in [2.24, 2.45) is 0 Å². The van der Waals surface area contributed by atoms with Crippen LogP contribution in [0.2, 0.25) is 0 Å². The molecule has 0 bridgehead atoms. The van der Waals surface area contributed by atoms with Gasteiger partial charge in [-0.05, 0) is 36.0 Å². The molecule has 1 aromatic heterocycles. The van der Waals surface area contributed by atoms with Crippen LogP contribution < -0.4 is 5.43 Å². The van der Waals surface area contributed by atoms with Gasteiger partial charge in [0.25, 0.3) is 5.91 Å². The van der Waals surface area contributed by atoms with Crippen LogP contribution >= 0.6 is 35.3 Å². The Kier molecular flexibility index (Phi) is 4.83. The molecule has 2 heterocycles. The molecule has 1 N–H and O–H groups in total. The van der Waals surface area contributed by atoms with E-state index in [0.717, 1.165) is 15.8 Å². The SMILES string of the molecule is O=C1/C(=C\C=C\c2ccccc2)SC(=S)N1Nc1nc2ccccc2s1. The van der Waals surface area contributed by atoms with Gasteiger partial charge in [0.1, 0.15) is 0 Å². The second-order valence-electron chi connectivity index (χ2n) is 5.41. The van der Waals surface area contributed by atoms with Crippen molar-refractivity contribution in [1.82, 2.24) is 9.99 Å². The van der Waals surface area contributed by atoms with Gasteiger partial charge in [-0.1, -0.05) is 77.7 Å². The highest BCUT2D eigenvalue weighted by Gasteiger charge is 2.32. The van der Waals surface area contributed by atoms with Crippen molar-refractivity contribution < 1.29 is 4.79 Å².